The SMILES string of the molecule is COC(=O)NCCOC(c1cc(C)cc(F)c1)C1CCCN(C(=O)OC(C)(C)C)C1. The van der Waals surface area contributed by atoms with Crippen LogP contribution in [0.2, 0.25) is 0 Å². The van der Waals surface area contributed by atoms with Crippen LogP contribution in [0.3, 0.4) is 0 Å². The Morgan fingerprint density at radius 3 is 2.67 bits per heavy atom. The van der Waals surface area contributed by atoms with Gasteiger partial charge in [0.05, 0.1) is 19.8 Å². The molecule has 8 heteroatoms. The molecule has 1 aromatic rings. The van der Waals surface area contributed by atoms with Crippen molar-refractivity contribution in [2.75, 3.05) is 33.4 Å². The molecule has 2 unspecified atom stereocenters. The van der Waals surface area contributed by atoms with Crippen molar-refractivity contribution in [1.82, 2.24) is 10.2 Å². The number of rotatable bonds is 6. The molecule has 1 heterocycles. The summed E-state index contributed by atoms with van der Waals surface area (Å²) in [6.45, 7) is 8.91. The van der Waals surface area contributed by atoms with E-state index in [1.54, 1.807) is 4.90 Å². The van der Waals surface area contributed by atoms with Crippen LogP contribution in [0.5, 0.6) is 0 Å². The Kier molecular flexibility index (Phi) is 8.46. The summed E-state index contributed by atoms with van der Waals surface area (Å²) in [5, 5.41) is 2.57. The van der Waals surface area contributed by atoms with Crippen LogP contribution in [0.15, 0.2) is 18.2 Å². The first kappa shape index (κ1) is 23.9. The molecule has 7 nitrogen and oxygen atoms in total. The van der Waals surface area contributed by atoms with E-state index in [9.17, 15) is 14.0 Å². The van der Waals surface area contributed by atoms with Crippen LogP contribution in [0.4, 0.5) is 14.0 Å². The van der Waals surface area contributed by atoms with E-state index in [0.29, 0.717) is 13.1 Å². The molecule has 0 radical (unpaired) electrons. The maximum absolute atomic E-state index is 14.1. The van der Waals surface area contributed by atoms with Crippen molar-refractivity contribution >= 4 is 12.2 Å². The number of amides is 2. The monoisotopic (exact) mass is 424 g/mol. The van der Waals surface area contributed by atoms with Crippen LogP contribution >= 0.6 is 0 Å². The minimum atomic E-state index is -0.570. The van der Waals surface area contributed by atoms with Crippen LogP contribution in [0.1, 0.15) is 50.8 Å². The maximum atomic E-state index is 14.1. The van der Waals surface area contributed by atoms with Crippen molar-refractivity contribution in [3.8, 4) is 0 Å². The zero-order valence-electron chi connectivity index (χ0n) is 18.5. The minimum absolute atomic E-state index is 0.0226. The first-order valence-corrected chi connectivity index (χ1v) is 10.3. The molecule has 1 aliphatic heterocycles. The minimum Gasteiger partial charge on any atom is -0.453 e. The highest BCUT2D eigenvalue weighted by Gasteiger charge is 2.33. The molecular weight excluding hydrogens is 391 g/mol. The normalized spacial score (nSPS) is 17.9. The number of methoxy groups -OCH3 is 1. The van der Waals surface area contributed by atoms with Gasteiger partial charge in [-0.3, -0.25) is 0 Å². The molecule has 1 saturated heterocycles. The third kappa shape index (κ3) is 7.48. The summed E-state index contributed by atoms with van der Waals surface area (Å²) in [5.74, 6) is -0.350. The van der Waals surface area contributed by atoms with Crippen LogP contribution in [0, 0.1) is 18.7 Å². The van der Waals surface area contributed by atoms with Gasteiger partial charge in [0.15, 0.2) is 0 Å². The van der Waals surface area contributed by atoms with Gasteiger partial charge in [-0.05, 0) is 63.8 Å². The van der Waals surface area contributed by atoms with Crippen molar-refractivity contribution in [2.24, 2.45) is 5.92 Å². The molecule has 168 valence electrons. The fraction of sp³-hybridized carbons (Fsp3) is 0.636. The molecule has 1 aromatic carbocycles. The molecule has 2 amide bonds. The van der Waals surface area contributed by atoms with E-state index >= 15 is 0 Å². The summed E-state index contributed by atoms with van der Waals surface area (Å²) in [6, 6.07) is 4.83. The third-order valence-electron chi connectivity index (χ3n) is 4.78. The van der Waals surface area contributed by atoms with Gasteiger partial charge >= 0.3 is 12.2 Å². The number of piperidine rings is 1. The predicted molar refractivity (Wildman–Crippen MR) is 111 cm³/mol. The summed E-state index contributed by atoms with van der Waals surface area (Å²) in [7, 11) is 1.29. The summed E-state index contributed by atoms with van der Waals surface area (Å²) in [6.07, 6.45) is 0.339. The maximum Gasteiger partial charge on any atom is 0.410 e. The second-order valence-corrected chi connectivity index (χ2v) is 8.60. The average molecular weight is 425 g/mol. The highest BCUT2D eigenvalue weighted by Crippen LogP contribution is 2.34. The van der Waals surface area contributed by atoms with Gasteiger partial charge in [0.1, 0.15) is 11.4 Å². The highest BCUT2D eigenvalue weighted by molar-refractivity contribution is 5.68. The number of aryl methyl sites for hydroxylation is 1. The van der Waals surface area contributed by atoms with Gasteiger partial charge < -0.3 is 24.4 Å². The van der Waals surface area contributed by atoms with Gasteiger partial charge in [-0.1, -0.05) is 6.07 Å². The third-order valence-corrected chi connectivity index (χ3v) is 4.78. The number of alkyl carbamates (subject to hydrolysis) is 1. The topological polar surface area (TPSA) is 77.1 Å². The van der Waals surface area contributed by atoms with E-state index in [1.807, 2.05) is 33.8 Å². The average Bonchev–Trinajstić information content (AvgIpc) is 2.65. The highest BCUT2D eigenvalue weighted by atomic mass is 19.1. The molecule has 0 saturated carbocycles. The van der Waals surface area contributed by atoms with Gasteiger partial charge in [-0.2, -0.15) is 0 Å². The summed E-state index contributed by atoms with van der Waals surface area (Å²) in [4.78, 5) is 25.5. The van der Waals surface area contributed by atoms with Crippen molar-refractivity contribution < 1.29 is 28.2 Å². The molecule has 0 aromatic heterocycles. The molecule has 0 spiro atoms. The summed E-state index contributed by atoms with van der Waals surface area (Å²) >= 11 is 0. The number of likely N-dealkylation sites (tertiary alicyclic amines) is 1. The number of ether oxygens (including phenoxy) is 3. The van der Waals surface area contributed by atoms with Crippen LogP contribution in [-0.4, -0.2) is 56.0 Å². The number of benzene rings is 1. The van der Waals surface area contributed by atoms with E-state index < -0.39 is 17.8 Å². The Bertz CT molecular complexity index is 714. The fourth-order valence-corrected chi connectivity index (χ4v) is 3.59. The Hall–Kier alpha value is -2.35. The van der Waals surface area contributed by atoms with E-state index in [2.05, 4.69) is 10.1 Å². The smallest absolute Gasteiger partial charge is 0.410 e. The van der Waals surface area contributed by atoms with Gasteiger partial charge in [-0.25, -0.2) is 14.0 Å². The number of carbonyl (C=O) groups excluding carboxylic acids is 2. The molecule has 30 heavy (non-hydrogen) atoms. The Balaban J connectivity index is 2.14. The van der Waals surface area contributed by atoms with Crippen molar-refractivity contribution in [1.29, 1.82) is 0 Å². The number of nitrogens with one attached hydrogen (secondary N) is 1. The molecule has 1 fully saturated rings. The number of nitrogens with zero attached hydrogens (tertiary/aromatic N) is 1. The molecule has 1 N–H and O–H groups in total. The van der Waals surface area contributed by atoms with Crippen molar-refractivity contribution in [2.45, 2.75) is 52.2 Å². The van der Waals surface area contributed by atoms with Gasteiger partial charge in [0, 0.05) is 25.6 Å². The number of carbonyl (C=O) groups is 2. The van der Waals surface area contributed by atoms with Crippen LogP contribution in [0.25, 0.3) is 0 Å². The predicted octanol–water partition coefficient (Wildman–Crippen LogP) is 4.19. The Morgan fingerprint density at radius 1 is 1.30 bits per heavy atom. The zero-order valence-corrected chi connectivity index (χ0v) is 18.5. The standard InChI is InChI=1S/C22H33FN2O5/c1-15-11-17(13-18(23)12-15)19(29-10-8-24-20(26)28-5)16-7-6-9-25(14-16)21(27)30-22(2,3)4/h11-13,16,19H,6-10,14H2,1-5H3,(H,24,26). The summed E-state index contributed by atoms with van der Waals surface area (Å²) in [5.41, 5.74) is 0.951. The van der Waals surface area contributed by atoms with E-state index in [1.165, 1.54) is 19.2 Å². The summed E-state index contributed by atoms with van der Waals surface area (Å²) < 4.78 is 30.2. The Labute approximate surface area is 177 Å². The molecule has 2 atom stereocenters. The van der Waals surface area contributed by atoms with Crippen LogP contribution < -0.4 is 5.32 Å². The van der Waals surface area contributed by atoms with Gasteiger partial charge in [-0.15, -0.1) is 0 Å². The van der Waals surface area contributed by atoms with E-state index in [-0.39, 0.29) is 31.0 Å². The quantitative estimate of drug-likeness (QED) is 0.693. The molecule has 2 rings (SSSR count). The first-order chi connectivity index (χ1) is 14.1. The van der Waals surface area contributed by atoms with E-state index in [4.69, 9.17) is 9.47 Å². The van der Waals surface area contributed by atoms with Gasteiger partial charge in [0.2, 0.25) is 0 Å². The Morgan fingerprint density at radius 2 is 2.03 bits per heavy atom. The second-order valence-electron chi connectivity index (χ2n) is 8.60. The number of hydrogen-bond donors (Lipinski definition) is 1. The molecular formula is C22H33FN2O5. The number of hydrogen-bond acceptors (Lipinski definition) is 5. The number of halogens is 1. The molecule has 1 aliphatic rings. The van der Waals surface area contributed by atoms with Crippen LogP contribution in [-0.2, 0) is 14.2 Å². The van der Waals surface area contributed by atoms with Crippen molar-refractivity contribution in [3.05, 3.63) is 35.1 Å². The lowest BCUT2D eigenvalue weighted by molar-refractivity contribution is -0.0247. The van der Waals surface area contributed by atoms with Crippen molar-refractivity contribution in [3.63, 3.8) is 0 Å². The lowest BCUT2D eigenvalue weighted by Gasteiger charge is -2.37. The van der Waals surface area contributed by atoms with E-state index in [0.717, 1.165) is 24.0 Å². The lowest BCUT2D eigenvalue weighted by Crippen LogP contribution is -2.44. The first-order valence-electron chi connectivity index (χ1n) is 10.3. The zero-order chi connectivity index (χ0) is 22.3. The molecule has 0 bridgehead atoms. The molecule has 0 aliphatic carbocycles. The fourth-order valence-electron chi connectivity index (χ4n) is 3.59. The second kappa shape index (κ2) is 10.6. The van der Waals surface area contributed by atoms with Gasteiger partial charge in [0.25, 0.3) is 0 Å². The lowest BCUT2D eigenvalue weighted by atomic mass is 9.88. The largest absolute Gasteiger partial charge is 0.453 e.